The fourth-order valence-corrected chi connectivity index (χ4v) is 1.77. The minimum absolute atomic E-state index is 0.783. The number of rotatable bonds is 0. The van der Waals surface area contributed by atoms with Crippen molar-refractivity contribution >= 4 is 11.8 Å². The van der Waals surface area contributed by atoms with Crippen molar-refractivity contribution < 1.29 is 4.74 Å². The van der Waals surface area contributed by atoms with Gasteiger partial charge in [-0.3, -0.25) is 0 Å². The molecule has 2 heteroatoms. The molecule has 1 heterocycles. The van der Waals surface area contributed by atoms with Gasteiger partial charge in [0, 0.05) is 0 Å². The van der Waals surface area contributed by atoms with Crippen molar-refractivity contribution in [2.75, 3.05) is 5.94 Å². The lowest BCUT2D eigenvalue weighted by Crippen LogP contribution is -1.78. The van der Waals surface area contributed by atoms with Crippen molar-refractivity contribution in [2.45, 2.75) is 6.42 Å². The Balaban J connectivity index is 2.34. The summed E-state index contributed by atoms with van der Waals surface area (Å²) < 4.78 is 5.35. The Bertz CT molecular complexity index is 225. The molecular weight excluding hydrogens is 144 g/mol. The van der Waals surface area contributed by atoms with Gasteiger partial charge in [0.2, 0.25) is 0 Å². The molecule has 0 aromatic rings. The van der Waals surface area contributed by atoms with Crippen LogP contribution in [0.5, 0.6) is 0 Å². The fourth-order valence-electron chi connectivity index (χ4n) is 0.998. The molecule has 2 rings (SSSR count). The smallest absolute Gasteiger partial charge is 0.138 e. The second-order valence-electron chi connectivity index (χ2n) is 2.17. The second-order valence-corrected chi connectivity index (χ2v) is 3.13. The largest absolute Gasteiger partial charge is 0.482 e. The predicted molar refractivity (Wildman–Crippen MR) is 43.5 cm³/mol. The summed E-state index contributed by atoms with van der Waals surface area (Å²) in [6.07, 6.45) is 9.44. The Morgan fingerprint density at radius 3 is 3.50 bits per heavy atom. The van der Waals surface area contributed by atoms with Gasteiger partial charge in [0.15, 0.2) is 0 Å². The second kappa shape index (κ2) is 2.54. The van der Waals surface area contributed by atoms with Crippen LogP contribution >= 0.6 is 11.8 Å². The summed E-state index contributed by atoms with van der Waals surface area (Å²) in [6, 6.07) is 0. The van der Waals surface area contributed by atoms with Crippen LogP contribution in [0.15, 0.2) is 35.0 Å². The molecule has 52 valence electrons. The summed E-state index contributed by atoms with van der Waals surface area (Å²) >= 11 is 1.76. The molecule has 0 bridgehead atoms. The van der Waals surface area contributed by atoms with Crippen molar-refractivity contribution in [3.8, 4) is 0 Å². The summed E-state index contributed by atoms with van der Waals surface area (Å²) in [5, 5.41) is 0. The van der Waals surface area contributed by atoms with E-state index in [1.54, 1.807) is 11.8 Å². The molecule has 10 heavy (non-hydrogen) atoms. The van der Waals surface area contributed by atoms with E-state index in [0.29, 0.717) is 0 Å². The summed E-state index contributed by atoms with van der Waals surface area (Å²) in [7, 11) is 0. The van der Waals surface area contributed by atoms with E-state index in [0.717, 1.165) is 18.1 Å². The molecule has 0 aromatic heterocycles. The molecule has 0 radical (unpaired) electrons. The standard InChI is InChI=1S/C8H8OS/c1-2-4-7-8(5-3-1)10-6-9-7/h1,3-5H,2,6H2. The van der Waals surface area contributed by atoms with Gasteiger partial charge in [0.05, 0.1) is 4.91 Å². The van der Waals surface area contributed by atoms with Gasteiger partial charge in [0.25, 0.3) is 0 Å². The maximum absolute atomic E-state index is 5.35. The molecule has 1 aliphatic heterocycles. The van der Waals surface area contributed by atoms with Gasteiger partial charge in [-0.25, -0.2) is 0 Å². The van der Waals surface area contributed by atoms with E-state index >= 15 is 0 Å². The van der Waals surface area contributed by atoms with Crippen LogP contribution in [-0.2, 0) is 4.74 Å². The van der Waals surface area contributed by atoms with Crippen molar-refractivity contribution in [3.63, 3.8) is 0 Å². The number of fused-ring (bicyclic) bond motifs is 1. The molecule has 0 spiro atoms. The van der Waals surface area contributed by atoms with Crippen molar-refractivity contribution in [2.24, 2.45) is 0 Å². The Hall–Kier alpha value is -0.630. The molecule has 0 amide bonds. The van der Waals surface area contributed by atoms with Crippen LogP contribution in [0.25, 0.3) is 0 Å². The highest BCUT2D eigenvalue weighted by molar-refractivity contribution is 8.03. The van der Waals surface area contributed by atoms with Crippen molar-refractivity contribution in [1.82, 2.24) is 0 Å². The first-order chi connectivity index (χ1) is 4.97. The van der Waals surface area contributed by atoms with Gasteiger partial charge < -0.3 is 4.74 Å². The SMILES string of the molecule is C1=CCC=C2OCSC2=C1. The van der Waals surface area contributed by atoms with Gasteiger partial charge in [0.1, 0.15) is 11.7 Å². The minimum atomic E-state index is 0.783. The normalized spacial score (nSPS) is 22.4. The fraction of sp³-hybridized carbons (Fsp3) is 0.250. The Morgan fingerprint density at radius 1 is 1.50 bits per heavy atom. The van der Waals surface area contributed by atoms with Crippen LogP contribution in [0, 0.1) is 0 Å². The quantitative estimate of drug-likeness (QED) is 0.527. The first-order valence-corrected chi connectivity index (χ1v) is 4.28. The molecule has 1 saturated heterocycles. The zero-order chi connectivity index (χ0) is 6.81. The highest BCUT2D eigenvalue weighted by Gasteiger charge is 2.14. The molecule has 1 aliphatic carbocycles. The maximum Gasteiger partial charge on any atom is 0.138 e. The molecule has 1 fully saturated rings. The monoisotopic (exact) mass is 152 g/mol. The summed E-state index contributed by atoms with van der Waals surface area (Å²) in [6.45, 7) is 0. The van der Waals surface area contributed by atoms with Crippen LogP contribution < -0.4 is 0 Å². The van der Waals surface area contributed by atoms with E-state index in [9.17, 15) is 0 Å². The number of allylic oxidation sites excluding steroid dienone is 4. The van der Waals surface area contributed by atoms with Crippen LogP contribution in [0.2, 0.25) is 0 Å². The first-order valence-electron chi connectivity index (χ1n) is 3.30. The van der Waals surface area contributed by atoms with Crippen molar-refractivity contribution in [3.05, 3.63) is 35.0 Å². The average molecular weight is 152 g/mol. The van der Waals surface area contributed by atoms with Crippen molar-refractivity contribution in [1.29, 1.82) is 0 Å². The highest BCUT2D eigenvalue weighted by atomic mass is 32.2. The van der Waals surface area contributed by atoms with E-state index in [1.807, 2.05) is 0 Å². The number of thioether (sulfide) groups is 1. The molecule has 0 unspecified atom stereocenters. The Kier molecular flexibility index (Phi) is 1.55. The zero-order valence-corrected chi connectivity index (χ0v) is 6.36. The van der Waals surface area contributed by atoms with Gasteiger partial charge in [-0.1, -0.05) is 23.9 Å². The zero-order valence-electron chi connectivity index (χ0n) is 5.54. The summed E-state index contributed by atoms with van der Waals surface area (Å²) in [4.78, 5) is 1.27. The highest BCUT2D eigenvalue weighted by Crippen LogP contribution is 2.34. The lowest BCUT2D eigenvalue weighted by molar-refractivity contribution is 0.296. The third-order valence-corrected chi connectivity index (χ3v) is 2.38. The summed E-state index contributed by atoms with van der Waals surface area (Å²) in [5.41, 5.74) is 0. The predicted octanol–water partition coefficient (Wildman–Crippen LogP) is 2.44. The van der Waals surface area contributed by atoms with E-state index in [4.69, 9.17) is 4.74 Å². The van der Waals surface area contributed by atoms with E-state index in [1.165, 1.54) is 4.91 Å². The van der Waals surface area contributed by atoms with E-state index in [-0.39, 0.29) is 0 Å². The van der Waals surface area contributed by atoms with Crippen LogP contribution in [0.1, 0.15) is 6.42 Å². The third kappa shape index (κ3) is 0.991. The average Bonchev–Trinajstić information content (AvgIpc) is 2.28. The van der Waals surface area contributed by atoms with Gasteiger partial charge in [-0.05, 0) is 18.6 Å². The van der Waals surface area contributed by atoms with E-state index in [2.05, 4.69) is 24.3 Å². The molecule has 1 nitrogen and oxygen atoms in total. The Morgan fingerprint density at radius 2 is 2.50 bits per heavy atom. The first kappa shape index (κ1) is 6.10. The number of ether oxygens (including phenoxy) is 1. The molecule has 0 N–H and O–H groups in total. The van der Waals surface area contributed by atoms with Gasteiger partial charge in [-0.15, -0.1) is 0 Å². The maximum atomic E-state index is 5.35. The Labute approximate surface area is 64.5 Å². The molecule has 0 atom stereocenters. The van der Waals surface area contributed by atoms with Crippen LogP contribution in [0.3, 0.4) is 0 Å². The van der Waals surface area contributed by atoms with Gasteiger partial charge in [-0.2, -0.15) is 0 Å². The topological polar surface area (TPSA) is 9.23 Å². The van der Waals surface area contributed by atoms with Gasteiger partial charge >= 0.3 is 0 Å². The number of hydrogen-bond acceptors (Lipinski definition) is 2. The van der Waals surface area contributed by atoms with Crippen LogP contribution in [-0.4, -0.2) is 5.94 Å². The molecular formula is C8H8OS. The lowest BCUT2D eigenvalue weighted by Gasteiger charge is -1.93. The molecule has 0 aromatic carbocycles. The summed E-state index contributed by atoms with van der Waals surface area (Å²) in [5.74, 6) is 1.85. The number of hydrogen-bond donors (Lipinski definition) is 0. The third-order valence-electron chi connectivity index (χ3n) is 1.49. The lowest BCUT2D eigenvalue weighted by atomic mass is 10.3. The minimum Gasteiger partial charge on any atom is -0.482 e. The molecule has 0 saturated carbocycles. The molecule has 2 aliphatic rings. The van der Waals surface area contributed by atoms with E-state index < -0.39 is 0 Å². The van der Waals surface area contributed by atoms with Crippen LogP contribution in [0.4, 0.5) is 0 Å².